The number of hydrogen-bond acceptors (Lipinski definition) is 6. The van der Waals surface area contributed by atoms with Gasteiger partial charge in [-0.15, -0.1) is 5.06 Å². The van der Waals surface area contributed by atoms with Gasteiger partial charge in [-0.05, 0) is 17.9 Å². The molecule has 1 aliphatic heterocycles. The van der Waals surface area contributed by atoms with Gasteiger partial charge in [0.1, 0.15) is 12.6 Å². The van der Waals surface area contributed by atoms with E-state index in [0.717, 1.165) is 5.56 Å². The van der Waals surface area contributed by atoms with Gasteiger partial charge in [0.25, 0.3) is 11.8 Å². The van der Waals surface area contributed by atoms with Crippen molar-refractivity contribution in [2.24, 2.45) is 5.92 Å². The molecule has 140 valence electrons. The summed E-state index contributed by atoms with van der Waals surface area (Å²) in [6.45, 7) is 3.78. The summed E-state index contributed by atoms with van der Waals surface area (Å²) in [5.41, 5.74) is 0.805. The second kappa shape index (κ2) is 8.98. The van der Waals surface area contributed by atoms with Crippen LogP contribution < -0.4 is 5.32 Å². The second-order valence-electron chi connectivity index (χ2n) is 6.38. The van der Waals surface area contributed by atoms with E-state index in [1.807, 2.05) is 32.0 Å². The summed E-state index contributed by atoms with van der Waals surface area (Å²) in [6, 6.07) is 8.06. The van der Waals surface area contributed by atoms with Gasteiger partial charge in [0.2, 0.25) is 0 Å². The van der Waals surface area contributed by atoms with Crippen molar-refractivity contribution in [1.29, 1.82) is 0 Å². The van der Waals surface area contributed by atoms with Gasteiger partial charge in [-0.25, -0.2) is 9.59 Å². The van der Waals surface area contributed by atoms with Crippen LogP contribution in [0.4, 0.5) is 4.79 Å². The molecule has 0 bridgehead atoms. The van der Waals surface area contributed by atoms with Gasteiger partial charge in [-0.3, -0.25) is 9.59 Å². The highest BCUT2D eigenvalue weighted by Crippen LogP contribution is 2.15. The minimum absolute atomic E-state index is 0.00745. The lowest BCUT2D eigenvalue weighted by Gasteiger charge is -2.21. The number of benzene rings is 1. The summed E-state index contributed by atoms with van der Waals surface area (Å²) >= 11 is 0. The van der Waals surface area contributed by atoms with Crippen LogP contribution in [0.5, 0.6) is 0 Å². The number of imide groups is 1. The molecule has 0 unspecified atom stereocenters. The van der Waals surface area contributed by atoms with Crippen molar-refractivity contribution in [3.63, 3.8) is 0 Å². The van der Waals surface area contributed by atoms with Crippen molar-refractivity contribution in [3.05, 3.63) is 35.9 Å². The highest BCUT2D eigenvalue weighted by molar-refractivity contribution is 6.01. The maximum atomic E-state index is 12.3. The van der Waals surface area contributed by atoms with Crippen LogP contribution in [-0.4, -0.2) is 35.0 Å². The van der Waals surface area contributed by atoms with Gasteiger partial charge in [-0.2, -0.15) is 0 Å². The molecule has 1 fully saturated rings. The summed E-state index contributed by atoms with van der Waals surface area (Å²) in [5, 5.41) is 2.90. The summed E-state index contributed by atoms with van der Waals surface area (Å²) in [7, 11) is 0. The molecule has 1 aromatic rings. The van der Waals surface area contributed by atoms with Gasteiger partial charge >= 0.3 is 12.1 Å². The molecule has 0 saturated carbocycles. The van der Waals surface area contributed by atoms with Gasteiger partial charge in [0, 0.05) is 12.8 Å². The van der Waals surface area contributed by atoms with E-state index >= 15 is 0 Å². The molecule has 3 amide bonds. The van der Waals surface area contributed by atoms with Crippen LogP contribution in [0.25, 0.3) is 0 Å². The van der Waals surface area contributed by atoms with E-state index in [-0.39, 0.29) is 31.8 Å². The number of ether oxygens (including phenoxy) is 1. The van der Waals surface area contributed by atoms with Crippen LogP contribution in [0.1, 0.15) is 38.7 Å². The highest BCUT2D eigenvalue weighted by Gasteiger charge is 2.35. The second-order valence-corrected chi connectivity index (χ2v) is 6.38. The lowest BCUT2D eigenvalue weighted by Crippen LogP contribution is -2.46. The molecule has 1 atom stereocenters. The molecule has 0 aromatic heterocycles. The van der Waals surface area contributed by atoms with E-state index in [0.29, 0.717) is 5.06 Å². The Kier molecular flexibility index (Phi) is 6.71. The van der Waals surface area contributed by atoms with E-state index in [4.69, 9.17) is 9.57 Å². The standard InChI is InChI=1S/C18H22N2O6/c1-12(2)10-14(17(23)26-20-15(21)8-9-16(20)22)19-18(24)25-11-13-6-4-3-5-7-13/h3-7,12,14H,8-11H2,1-2H3,(H,19,24)/t14-/m0/s1. The van der Waals surface area contributed by atoms with Crippen molar-refractivity contribution in [2.75, 3.05) is 0 Å². The van der Waals surface area contributed by atoms with Crippen LogP contribution in [-0.2, 0) is 30.6 Å². The van der Waals surface area contributed by atoms with Crippen LogP contribution in [0.15, 0.2) is 30.3 Å². The Hall–Kier alpha value is -2.90. The minimum Gasteiger partial charge on any atom is -0.445 e. The molecule has 1 aliphatic rings. The van der Waals surface area contributed by atoms with Gasteiger partial charge in [0.05, 0.1) is 0 Å². The molecule has 1 N–H and O–H groups in total. The summed E-state index contributed by atoms with van der Waals surface area (Å²) in [6.07, 6.45) is -0.494. The number of rotatable bonds is 7. The molecule has 0 spiro atoms. The quantitative estimate of drug-likeness (QED) is 0.744. The molecule has 0 aliphatic carbocycles. The zero-order chi connectivity index (χ0) is 19.1. The molecule has 2 rings (SSSR count). The number of nitrogens with zero attached hydrogens (tertiary/aromatic N) is 1. The first-order valence-electron chi connectivity index (χ1n) is 8.41. The van der Waals surface area contributed by atoms with E-state index < -0.39 is 29.9 Å². The molecule has 1 saturated heterocycles. The Morgan fingerprint density at radius 1 is 1.12 bits per heavy atom. The summed E-state index contributed by atoms with van der Waals surface area (Å²) in [4.78, 5) is 52.3. The largest absolute Gasteiger partial charge is 0.445 e. The van der Waals surface area contributed by atoms with Crippen LogP contribution in [0, 0.1) is 5.92 Å². The number of carbonyl (C=O) groups excluding carboxylic acids is 4. The Morgan fingerprint density at radius 3 is 2.31 bits per heavy atom. The molecular weight excluding hydrogens is 340 g/mol. The third-order valence-electron chi connectivity index (χ3n) is 3.68. The van der Waals surface area contributed by atoms with Gasteiger partial charge in [0.15, 0.2) is 0 Å². The fraction of sp³-hybridized carbons (Fsp3) is 0.444. The van der Waals surface area contributed by atoms with Crippen molar-refractivity contribution in [2.45, 2.75) is 45.8 Å². The van der Waals surface area contributed by atoms with Gasteiger partial charge < -0.3 is 14.9 Å². The van der Waals surface area contributed by atoms with Gasteiger partial charge in [-0.1, -0.05) is 44.2 Å². The number of nitrogens with one attached hydrogen (secondary N) is 1. The monoisotopic (exact) mass is 362 g/mol. The Balaban J connectivity index is 1.92. The van der Waals surface area contributed by atoms with Crippen LogP contribution in [0.2, 0.25) is 0 Å². The Labute approximate surface area is 151 Å². The zero-order valence-electron chi connectivity index (χ0n) is 14.8. The predicted octanol–water partition coefficient (Wildman–Crippen LogP) is 1.93. The van der Waals surface area contributed by atoms with Crippen molar-refractivity contribution >= 4 is 23.9 Å². The number of hydroxylamine groups is 2. The smallest absolute Gasteiger partial charge is 0.408 e. The Morgan fingerprint density at radius 2 is 1.73 bits per heavy atom. The molecule has 0 radical (unpaired) electrons. The SMILES string of the molecule is CC(C)C[C@H](NC(=O)OCc1ccccc1)C(=O)ON1C(=O)CCC1=O. The lowest BCUT2D eigenvalue weighted by molar-refractivity contribution is -0.199. The van der Waals surface area contributed by atoms with E-state index in [1.54, 1.807) is 12.1 Å². The number of hydrogen-bond donors (Lipinski definition) is 1. The molecule has 1 aromatic carbocycles. The maximum absolute atomic E-state index is 12.3. The molecular formula is C18H22N2O6. The van der Waals surface area contributed by atoms with Crippen molar-refractivity contribution in [3.8, 4) is 0 Å². The topological polar surface area (TPSA) is 102 Å². The summed E-state index contributed by atoms with van der Waals surface area (Å²) in [5.74, 6) is -1.96. The third kappa shape index (κ3) is 5.58. The first-order chi connectivity index (χ1) is 12.4. The third-order valence-corrected chi connectivity index (χ3v) is 3.68. The average Bonchev–Trinajstić information content (AvgIpc) is 2.92. The average molecular weight is 362 g/mol. The zero-order valence-corrected chi connectivity index (χ0v) is 14.8. The van der Waals surface area contributed by atoms with Crippen molar-refractivity contribution < 1.29 is 28.8 Å². The molecule has 1 heterocycles. The first kappa shape index (κ1) is 19.4. The Bertz CT molecular complexity index is 658. The van der Waals surface area contributed by atoms with Crippen LogP contribution >= 0.6 is 0 Å². The highest BCUT2D eigenvalue weighted by atomic mass is 16.7. The molecule has 8 heteroatoms. The number of alkyl carbamates (subject to hydrolysis) is 1. The number of amides is 3. The van der Waals surface area contributed by atoms with Crippen molar-refractivity contribution in [1.82, 2.24) is 10.4 Å². The lowest BCUT2D eigenvalue weighted by atomic mass is 10.0. The maximum Gasteiger partial charge on any atom is 0.408 e. The predicted molar refractivity (Wildman–Crippen MR) is 90.2 cm³/mol. The van der Waals surface area contributed by atoms with Crippen LogP contribution in [0.3, 0.4) is 0 Å². The molecule has 8 nitrogen and oxygen atoms in total. The van der Waals surface area contributed by atoms with E-state index in [9.17, 15) is 19.2 Å². The summed E-state index contributed by atoms with van der Waals surface area (Å²) < 4.78 is 5.10. The normalized spacial score (nSPS) is 15.1. The minimum atomic E-state index is -1.03. The van der Waals surface area contributed by atoms with E-state index in [2.05, 4.69) is 5.32 Å². The molecule has 26 heavy (non-hydrogen) atoms. The fourth-order valence-electron chi connectivity index (χ4n) is 2.40. The van der Waals surface area contributed by atoms with E-state index in [1.165, 1.54) is 0 Å². The fourth-order valence-corrected chi connectivity index (χ4v) is 2.40. The first-order valence-corrected chi connectivity index (χ1v) is 8.41. The number of carbonyl (C=O) groups is 4.